The second-order valence-corrected chi connectivity index (χ2v) is 11.0. The largest absolute Gasteiger partial charge is 0.502 e. The maximum absolute atomic E-state index is 15.5. The van der Waals surface area contributed by atoms with E-state index in [4.69, 9.17) is 4.74 Å². The number of hydrogen-bond donors (Lipinski definition) is 1. The summed E-state index contributed by atoms with van der Waals surface area (Å²) in [4.78, 5) is 29.0. The number of amides is 1. The topological polar surface area (TPSA) is 75.0 Å². The monoisotopic (exact) mass is 535 g/mol. The highest BCUT2D eigenvalue weighted by Gasteiger charge is 2.49. The molecular weight excluding hydrogens is 512 g/mol. The number of thioether (sulfide) groups is 1. The smallest absolute Gasteiger partial charge is 0.278 e. The van der Waals surface area contributed by atoms with Crippen LogP contribution in [0.25, 0.3) is 0 Å². The standard InChI is InChI=1S/C28H23F2N3O4S/c29-18-13-20-22-17(23(18)30)14-38-21-6-2-1-5-16(21)24(22)33-15-31(28(8-3-9-28)10-4-12-37-20)27(36)25-26(35)19(34)7-11-32(25)33/h1-2,4-7,10-11,13,24,35H,3,8-9,12,14-15H2/b10-4-/t24-/m0/s1. The van der Waals surface area contributed by atoms with Crippen molar-refractivity contribution in [3.05, 3.63) is 99.0 Å². The number of carbonyl (C=O) groups excluding carboxylic acids is 1. The van der Waals surface area contributed by atoms with Crippen molar-refractivity contribution in [3.63, 3.8) is 0 Å². The van der Waals surface area contributed by atoms with Crippen LogP contribution < -0.4 is 15.2 Å². The minimum atomic E-state index is -0.990. The molecule has 0 unspecified atom stereocenters. The molecule has 7 nitrogen and oxygen atoms in total. The lowest BCUT2D eigenvalue weighted by molar-refractivity contribution is 0.0255. The molecule has 7 rings (SSSR count). The molecule has 38 heavy (non-hydrogen) atoms. The molecule has 10 heteroatoms. The van der Waals surface area contributed by atoms with Crippen LogP contribution in [-0.4, -0.2) is 39.4 Å². The van der Waals surface area contributed by atoms with E-state index in [2.05, 4.69) is 0 Å². The first-order chi connectivity index (χ1) is 18.4. The summed E-state index contributed by atoms with van der Waals surface area (Å²) in [7, 11) is 0. The molecule has 1 fully saturated rings. The molecule has 1 saturated carbocycles. The highest BCUT2D eigenvalue weighted by molar-refractivity contribution is 7.98. The van der Waals surface area contributed by atoms with Gasteiger partial charge in [-0.15, -0.1) is 11.8 Å². The zero-order valence-corrected chi connectivity index (χ0v) is 21.0. The van der Waals surface area contributed by atoms with Crippen LogP contribution in [0.15, 0.2) is 64.4 Å². The lowest BCUT2D eigenvalue weighted by Crippen LogP contribution is -2.64. The van der Waals surface area contributed by atoms with Crippen molar-refractivity contribution < 1.29 is 23.4 Å². The van der Waals surface area contributed by atoms with Crippen LogP contribution in [0, 0.1) is 11.6 Å². The van der Waals surface area contributed by atoms with Gasteiger partial charge in [-0.2, -0.15) is 0 Å². The molecule has 1 amide bonds. The van der Waals surface area contributed by atoms with Crippen molar-refractivity contribution in [2.24, 2.45) is 0 Å². The highest BCUT2D eigenvalue weighted by Crippen LogP contribution is 2.49. The van der Waals surface area contributed by atoms with Gasteiger partial charge >= 0.3 is 0 Å². The summed E-state index contributed by atoms with van der Waals surface area (Å²) >= 11 is 1.40. The number of benzene rings is 2. The minimum absolute atomic E-state index is 0.0972. The van der Waals surface area contributed by atoms with Gasteiger partial charge in [0.1, 0.15) is 25.1 Å². The molecule has 1 aromatic heterocycles. The lowest BCUT2D eigenvalue weighted by Gasteiger charge is -2.54. The predicted molar refractivity (Wildman–Crippen MR) is 137 cm³/mol. The van der Waals surface area contributed by atoms with Crippen molar-refractivity contribution in [2.45, 2.75) is 41.5 Å². The van der Waals surface area contributed by atoms with Gasteiger partial charge in [0.15, 0.2) is 23.1 Å². The fraction of sp³-hybridized carbons (Fsp3) is 0.286. The minimum Gasteiger partial charge on any atom is -0.502 e. The zero-order valence-electron chi connectivity index (χ0n) is 20.2. The van der Waals surface area contributed by atoms with E-state index in [1.54, 1.807) is 11.0 Å². The van der Waals surface area contributed by atoms with Crippen molar-refractivity contribution in [2.75, 3.05) is 18.3 Å². The third kappa shape index (κ3) is 3.19. The van der Waals surface area contributed by atoms with Gasteiger partial charge in [0.2, 0.25) is 5.43 Å². The molecule has 4 aliphatic rings. The first-order valence-corrected chi connectivity index (χ1v) is 13.4. The SMILES string of the molecule is O=C1c2c(O)c(=O)ccn2N2CN1C1(/C=C\COc3cc(F)c(F)c4c3[C@@H]2c2ccccc2SC4)CCC1. The van der Waals surface area contributed by atoms with Gasteiger partial charge < -0.3 is 14.7 Å². The predicted octanol–water partition coefficient (Wildman–Crippen LogP) is 4.45. The number of hydrogen-bond acceptors (Lipinski definition) is 6. The number of rotatable bonds is 0. The van der Waals surface area contributed by atoms with Gasteiger partial charge in [0.25, 0.3) is 5.91 Å². The quantitative estimate of drug-likeness (QED) is 0.429. The molecule has 4 heterocycles. The van der Waals surface area contributed by atoms with Gasteiger partial charge in [-0.3, -0.25) is 19.3 Å². The normalized spacial score (nSPS) is 21.7. The van der Waals surface area contributed by atoms with Gasteiger partial charge in [-0.05, 0) is 37.0 Å². The zero-order chi connectivity index (χ0) is 26.2. The number of ether oxygens (including phenoxy) is 1. The first kappa shape index (κ1) is 23.3. The molecule has 0 radical (unpaired) electrons. The van der Waals surface area contributed by atoms with E-state index >= 15 is 4.39 Å². The van der Waals surface area contributed by atoms with Crippen LogP contribution in [0.2, 0.25) is 0 Å². The summed E-state index contributed by atoms with van der Waals surface area (Å²) in [5, 5.41) is 12.7. The molecule has 0 saturated heterocycles. The second kappa shape index (κ2) is 8.36. The third-order valence-corrected chi connectivity index (χ3v) is 9.18. The van der Waals surface area contributed by atoms with Crippen molar-refractivity contribution in [1.82, 2.24) is 9.58 Å². The number of halogens is 2. The lowest BCUT2D eigenvalue weighted by atomic mass is 9.74. The number of aromatic nitrogens is 1. The Bertz CT molecular complexity index is 1600. The van der Waals surface area contributed by atoms with Crippen LogP contribution in [-0.2, 0) is 5.75 Å². The molecular formula is C28H23F2N3O4S. The second-order valence-electron chi connectivity index (χ2n) is 10.00. The Morgan fingerprint density at radius 1 is 1.13 bits per heavy atom. The number of fused-ring (bicyclic) bond motifs is 8. The summed E-state index contributed by atoms with van der Waals surface area (Å²) < 4.78 is 37.9. The average Bonchev–Trinajstić information content (AvgIpc) is 3.07. The maximum atomic E-state index is 15.5. The van der Waals surface area contributed by atoms with E-state index in [9.17, 15) is 19.1 Å². The van der Waals surface area contributed by atoms with Crippen molar-refractivity contribution >= 4 is 17.7 Å². The Morgan fingerprint density at radius 2 is 1.95 bits per heavy atom. The fourth-order valence-electron chi connectivity index (χ4n) is 6.04. The molecule has 2 aromatic carbocycles. The highest BCUT2D eigenvalue weighted by atomic mass is 32.2. The van der Waals surface area contributed by atoms with E-state index in [-0.39, 0.29) is 36.0 Å². The van der Waals surface area contributed by atoms with Crippen LogP contribution in [0.3, 0.4) is 0 Å². The molecule has 1 atom stereocenters. The Morgan fingerprint density at radius 3 is 2.74 bits per heavy atom. The Balaban J connectivity index is 1.58. The Kier molecular flexibility index (Phi) is 5.13. The van der Waals surface area contributed by atoms with Crippen LogP contribution in [0.4, 0.5) is 8.78 Å². The number of aromatic hydroxyl groups is 1. The number of pyridine rings is 1. The summed E-state index contributed by atoms with van der Waals surface area (Å²) in [6.07, 6.45) is 7.51. The molecule has 3 aromatic rings. The first-order valence-electron chi connectivity index (χ1n) is 12.5. The molecule has 1 spiro atoms. The molecule has 1 aliphatic carbocycles. The Hall–Kier alpha value is -3.79. The molecule has 2 bridgehead atoms. The maximum Gasteiger partial charge on any atom is 0.278 e. The van der Waals surface area contributed by atoms with Gasteiger partial charge in [0, 0.05) is 40.1 Å². The summed E-state index contributed by atoms with van der Waals surface area (Å²) in [6.45, 7) is 0.207. The number of carbonyl (C=O) groups is 1. The molecule has 3 aliphatic heterocycles. The Labute approximate surface area is 220 Å². The van der Waals surface area contributed by atoms with E-state index in [0.717, 1.165) is 22.9 Å². The van der Waals surface area contributed by atoms with Crippen LogP contribution in [0.5, 0.6) is 11.5 Å². The van der Waals surface area contributed by atoms with Crippen molar-refractivity contribution in [1.29, 1.82) is 0 Å². The van der Waals surface area contributed by atoms with E-state index in [0.29, 0.717) is 18.4 Å². The number of nitrogens with zero attached hydrogens (tertiary/aromatic N) is 3. The summed E-state index contributed by atoms with van der Waals surface area (Å²) in [6, 6.07) is 9.19. The fourth-order valence-corrected chi connectivity index (χ4v) is 7.14. The van der Waals surface area contributed by atoms with Gasteiger partial charge in [-0.1, -0.05) is 24.3 Å². The van der Waals surface area contributed by atoms with Crippen LogP contribution >= 0.6 is 11.8 Å². The summed E-state index contributed by atoms with van der Waals surface area (Å²) in [5.74, 6) is -2.63. The summed E-state index contributed by atoms with van der Waals surface area (Å²) in [5.41, 5.74) is 0.0186. The van der Waals surface area contributed by atoms with E-state index in [1.165, 1.54) is 28.7 Å². The van der Waals surface area contributed by atoms with E-state index < -0.39 is 40.3 Å². The van der Waals surface area contributed by atoms with Crippen molar-refractivity contribution in [3.8, 4) is 11.5 Å². The van der Waals surface area contributed by atoms with Gasteiger partial charge in [-0.25, -0.2) is 8.78 Å². The molecule has 194 valence electrons. The van der Waals surface area contributed by atoms with Crippen LogP contribution in [0.1, 0.15) is 52.5 Å². The molecule has 1 N–H and O–H groups in total. The van der Waals surface area contributed by atoms with Gasteiger partial charge in [0.05, 0.1) is 5.54 Å². The average molecular weight is 536 g/mol. The third-order valence-electron chi connectivity index (χ3n) is 8.06. The van der Waals surface area contributed by atoms with E-state index in [1.807, 2.05) is 35.4 Å².